The van der Waals surface area contributed by atoms with Crippen molar-refractivity contribution >= 4 is 18.3 Å². The molecular weight excluding hydrogens is 323 g/mol. The molecule has 23 heavy (non-hydrogen) atoms. The standard InChI is InChI=1S/C15H15FN4O2.ClH/c16-10-1-3-12(4-2-10)20-14(21)6-5-13(19-20)15(22)18-11-7-8-17-9-11;/h1-6,11,17H,7-9H2,(H,18,22);1H. The van der Waals surface area contributed by atoms with Crippen LogP contribution in [0.3, 0.4) is 0 Å². The molecule has 1 unspecified atom stereocenters. The van der Waals surface area contributed by atoms with Crippen LogP contribution in [0.1, 0.15) is 16.9 Å². The molecule has 1 atom stereocenters. The van der Waals surface area contributed by atoms with E-state index in [9.17, 15) is 14.0 Å². The summed E-state index contributed by atoms with van der Waals surface area (Å²) in [6.07, 6.45) is 0.864. The summed E-state index contributed by atoms with van der Waals surface area (Å²) in [5, 5.41) is 10.1. The van der Waals surface area contributed by atoms with Gasteiger partial charge in [0.1, 0.15) is 11.5 Å². The van der Waals surface area contributed by atoms with Gasteiger partial charge in [0.2, 0.25) is 0 Å². The second-order valence-corrected chi connectivity index (χ2v) is 5.11. The van der Waals surface area contributed by atoms with E-state index in [2.05, 4.69) is 15.7 Å². The highest BCUT2D eigenvalue weighted by molar-refractivity contribution is 5.92. The van der Waals surface area contributed by atoms with E-state index in [1.54, 1.807) is 0 Å². The topological polar surface area (TPSA) is 76.0 Å². The third-order valence-corrected chi connectivity index (χ3v) is 3.50. The summed E-state index contributed by atoms with van der Waals surface area (Å²) < 4.78 is 14.0. The van der Waals surface area contributed by atoms with E-state index < -0.39 is 5.82 Å². The Morgan fingerprint density at radius 2 is 2.00 bits per heavy atom. The zero-order valence-corrected chi connectivity index (χ0v) is 13.0. The molecule has 6 nitrogen and oxygen atoms in total. The first-order valence-corrected chi connectivity index (χ1v) is 7.01. The Labute approximate surface area is 138 Å². The molecule has 0 radical (unpaired) electrons. The molecule has 1 aromatic carbocycles. The fraction of sp³-hybridized carbons (Fsp3) is 0.267. The fourth-order valence-electron chi connectivity index (χ4n) is 2.34. The number of carbonyl (C=O) groups is 1. The van der Waals surface area contributed by atoms with E-state index in [1.807, 2.05) is 0 Å². The first kappa shape index (κ1) is 17.1. The van der Waals surface area contributed by atoms with Crippen LogP contribution in [0.2, 0.25) is 0 Å². The molecule has 2 heterocycles. The number of aromatic nitrogens is 2. The van der Waals surface area contributed by atoms with Crippen LogP contribution in [0.5, 0.6) is 0 Å². The van der Waals surface area contributed by atoms with Crippen LogP contribution in [0.4, 0.5) is 4.39 Å². The lowest BCUT2D eigenvalue weighted by Crippen LogP contribution is -2.37. The number of hydrogen-bond donors (Lipinski definition) is 2. The SMILES string of the molecule is Cl.O=C(NC1CCNC1)c1ccc(=O)n(-c2ccc(F)cc2)n1. The number of amides is 1. The normalized spacial score (nSPS) is 16.7. The lowest BCUT2D eigenvalue weighted by Gasteiger charge is -2.11. The van der Waals surface area contributed by atoms with Crippen molar-refractivity contribution in [3.63, 3.8) is 0 Å². The molecule has 1 aromatic heterocycles. The number of carbonyl (C=O) groups excluding carboxylic acids is 1. The van der Waals surface area contributed by atoms with Gasteiger partial charge in [-0.25, -0.2) is 4.39 Å². The van der Waals surface area contributed by atoms with Gasteiger partial charge in [-0.05, 0) is 43.3 Å². The number of halogens is 2. The van der Waals surface area contributed by atoms with Crippen LogP contribution < -0.4 is 16.2 Å². The minimum absolute atomic E-state index is 0. The maximum Gasteiger partial charge on any atom is 0.272 e. The number of rotatable bonds is 3. The summed E-state index contributed by atoms with van der Waals surface area (Å²) in [4.78, 5) is 24.1. The predicted octanol–water partition coefficient (Wildman–Crippen LogP) is 0.885. The maximum absolute atomic E-state index is 13.0. The average molecular weight is 339 g/mol. The number of nitrogens with zero attached hydrogens (tertiary/aromatic N) is 2. The number of benzene rings is 1. The molecule has 1 saturated heterocycles. The largest absolute Gasteiger partial charge is 0.347 e. The van der Waals surface area contributed by atoms with Crippen LogP contribution in [-0.2, 0) is 0 Å². The van der Waals surface area contributed by atoms with Crippen molar-refractivity contribution in [3.05, 3.63) is 58.3 Å². The summed E-state index contributed by atoms with van der Waals surface area (Å²) in [5.74, 6) is -0.732. The van der Waals surface area contributed by atoms with Crippen molar-refractivity contribution in [1.82, 2.24) is 20.4 Å². The van der Waals surface area contributed by atoms with Gasteiger partial charge in [-0.1, -0.05) is 0 Å². The molecule has 3 rings (SSSR count). The van der Waals surface area contributed by atoms with Crippen LogP contribution in [0, 0.1) is 5.82 Å². The Balaban J connectivity index is 0.00000192. The zero-order chi connectivity index (χ0) is 15.5. The Morgan fingerprint density at radius 1 is 1.26 bits per heavy atom. The molecule has 1 aliphatic rings. The van der Waals surface area contributed by atoms with Gasteiger partial charge in [0, 0.05) is 18.7 Å². The molecular formula is C15H16ClFN4O2. The minimum atomic E-state index is -0.403. The van der Waals surface area contributed by atoms with Crippen LogP contribution in [-0.4, -0.2) is 34.8 Å². The van der Waals surface area contributed by atoms with Crippen molar-refractivity contribution in [2.45, 2.75) is 12.5 Å². The van der Waals surface area contributed by atoms with Gasteiger partial charge in [0.15, 0.2) is 0 Å². The first-order chi connectivity index (χ1) is 10.6. The van der Waals surface area contributed by atoms with E-state index in [1.165, 1.54) is 36.4 Å². The summed E-state index contributed by atoms with van der Waals surface area (Å²) in [5.41, 5.74) is 0.171. The Kier molecular flexibility index (Phi) is 5.46. The van der Waals surface area contributed by atoms with Gasteiger partial charge in [0.25, 0.3) is 11.5 Å². The second-order valence-electron chi connectivity index (χ2n) is 5.11. The third-order valence-electron chi connectivity index (χ3n) is 3.50. The Hall–Kier alpha value is -2.25. The summed E-state index contributed by atoms with van der Waals surface area (Å²) in [7, 11) is 0. The number of nitrogens with one attached hydrogen (secondary N) is 2. The lowest BCUT2D eigenvalue weighted by atomic mass is 10.2. The highest BCUT2D eigenvalue weighted by atomic mass is 35.5. The van der Waals surface area contributed by atoms with Crippen molar-refractivity contribution in [1.29, 1.82) is 0 Å². The van der Waals surface area contributed by atoms with Crippen molar-refractivity contribution in [2.24, 2.45) is 0 Å². The van der Waals surface area contributed by atoms with E-state index in [0.29, 0.717) is 5.69 Å². The van der Waals surface area contributed by atoms with Crippen molar-refractivity contribution < 1.29 is 9.18 Å². The Morgan fingerprint density at radius 3 is 2.65 bits per heavy atom. The molecule has 0 spiro atoms. The monoisotopic (exact) mass is 338 g/mol. The van der Waals surface area contributed by atoms with Crippen LogP contribution >= 0.6 is 12.4 Å². The molecule has 122 valence electrons. The van der Waals surface area contributed by atoms with Gasteiger partial charge < -0.3 is 10.6 Å². The van der Waals surface area contributed by atoms with E-state index in [0.717, 1.165) is 24.2 Å². The third kappa shape index (κ3) is 3.94. The molecule has 0 bridgehead atoms. The highest BCUT2D eigenvalue weighted by Crippen LogP contribution is 2.06. The first-order valence-electron chi connectivity index (χ1n) is 7.01. The van der Waals surface area contributed by atoms with Gasteiger partial charge in [0.05, 0.1) is 5.69 Å². The highest BCUT2D eigenvalue weighted by Gasteiger charge is 2.19. The molecule has 0 aliphatic carbocycles. The van der Waals surface area contributed by atoms with Gasteiger partial charge in [-0.15, -0.1) is 12.4 Å². The van der Waals surface area contributed by atoms with Crippen molar-refractivity contribution in [2.75, 3.05) is 13.1 Å². The van der Waals surface area contributed by atoms with Crippen LogP contribution in [0.25, 0.3) is 5.69 Å². The minimum Gasteiger partial charge on any atom is -0.347 e. The zero-order valence-electron chi connectivity index (χ0n) is 12.2. The summed E-state index contributed by atoms with van der Waals surface area (Å²) >= 11 is 0. The summed E-state index contributed by atoms with van der Waals surface area (Å²) in [6, 6.07) is 8.08. The lowest BCUT2D eigenvalue weighted by molar-refractivity contribution is 0.0933. The molecule has 1 amide bonds. The van der Waals surface area contributed by atoms with E-state index >= 15 is 0 Å². The van der Waals surface area contributed by atoms with E-state index in [-0.39, 0.29) is 35.6 Å². The summed E-state index contributed by atoms with van der Waals surface area (Å²) in [6.45, 7) is 1.59. The molecule has 2 aromatic rings. The van der Waals surface area contributed by atoms with Gasteiger partial charge in [-0.2, -0.15) is 9.78 Å². The van der Waals surface area contributed by atoms with Crippen LogP contribution in [0.15, 0.2) is 41.2 Å². The second kappa shape index (κ2) is 7.34. The fourth-order valence-corrected chi connectivity index (χ4v) is 2.34. The molecule has 8 heteroatoms. The molecule has 1 aliphatic heterocycles. The average Bonchev–Trinajstić information content (AvgIpc) is 3.01. The Bertz CT molecular complexity index is 742. The van der Waals surface area contributed by atoms with Crippen molar-refractivity contribution in [3.8, 4) is 5.69 Å². The molecule has 1 fully saturated rings. The van der Waals surface area contributed by atoms with Gasteiger partial charge in [-0.3, -0.25) is 9.59 Å². The maximum atomic E-state index is 13.0. The number of hydrogen-bond acceptors (Lipinski definition) is 4. The quantitative estimate of drug-likeness (QED) is 0.871. The van der Waals surface area contributed by atoms with E-state index in [4.69, 9.17) is 0 Å². The molecule has 2 N–H and O–H groups in total. The predicted molar refractivity (Wildman–Crippen MR) is 85.8 cm³/mol. The smallest absolute Gasteiger partial charge is 0.272 e. The van der Waals surface area contributed by atoms with Gasteiger partial charge >= 0.3 is 0 Å². The molecule has 0 saturated carbocycles.